The van der Waals surface area contributed by atoms with E-state index in [2.05, 4.69) is 80.5 Å². The lowest BCUT2D eigenvalue weighted by Crippen LogP contribution is -2.34. The molecule has 2 unspecified atom stereocenters. The lowest BCUT2D eigenvalue weighted by molar-refractivity contribution is 0.118. The highest BCUT2D eigenvalue weighted by Gasteiger charge is 2.39. The highest BCUT2D eigenvalue weighted by molar-refractivity contribution is 5.22. The molecule has 0 saturated heterocycles. The largest absolute Gasteiger partial charge is 0.0908 e. The Morgan fingerprint density at radius 2 is 1.70 bits per heavy atom. The summed E-state index contributed by atoms with van der Waals surface area (Å²) in [6.45, 7) is 21.3. The van der Waals surface area contributed by atoms with Gasteiger partial charge in [0.2, 0.25) is 0 Å². The van der Waals surface area contributed by atoms with Crippen molar-refractivity contribution in [2.45, 2.75) is 88.0 Å². The molecule has 1 rings (SSSR count). The number of allylic oxidation sites excluding steroid dienone is 4. The van der Waals surface area contributed by atoms with Crippen LogP contribution in [0.1, 0.15) is 88.0 Å². The third-order valence-electron chi connectivity index (χ3n) is 6.14. The van der Waals surface area contributed by atoms with Gasteiger partial charge in [0.05, 0.1) is 0 Å². The van der Waals surface area contributed by atoms with E-state index in [-0.39, 0.29) is 5.41 Å². The van der Waals surface area contributed by atoms with E-state index in [1.54, 1.807) is 5.57 Å². The van der Waals surface area contributed by atoms with E-state index in [1.807, 2.05) is 0 Å². The minimum absolute atomic E-state index is 0.189. The molecule has 0 bridgehead atoms. The summed E-state index contributed by atoms with van der Waals surface area (Å²) in [4.78, 5) is 0. The van der Waals surface area contributed by atoms with Crippen LogP contribution < -0.4 is 0 Å². The smallest absolute Gasteiger partial charge is 0.00633 e. The highest BCUT2D eigenvalue weighted by Crippen LogP contribution is 2.50. The number of hydrogen-bond acceptors (Lipinski definition) is 0. The maximum Gasteiger partial charge on any atom is 0.00633 e. The second-order valence-electron chi connectivity index (χ2n) is 9.82. The maximum atomic E-state index is 2.67. The molecule has 1 aliphatic carbocycles. The van der Waals surface area contributed by atoms with E-state index in [0.29, 0.717) is 17.3 Å². The van der Waals surface area contributed by atoms with E-state index in [4.69, 9.17) is 0 Å². The van der Waals surface area contributed by atoms with Crippen LogP contribution in [0, 0.1) is 34.5 Å². The molecular formula is C23H42. The molecule has 0 aromatic rings. The first kappa shape index (κ1) is 20.5. The van der Waals surface area contributed by atoms with Crippen LogP contribution in [-0.4, -0.2) is 0 Å². The first-order valence-corrected chi connectivity index (χ1v) is 9.86. The fourth-order valence-electron chi connectivity index (χ4n) is 4.19. The van der Waals surface area contributed by atoms with E-state index in [0.717, 1.165) is 11.8 Å². The minimum Gasteiger partial charge on any atom is -0.0908 e. The minimum atomic E-state index is 0.189. The Labute approximate surface area is 146 Å². The van der Waals surface area contributed by atoms with Crippen molar-refractivity contribution in [3.63, 3.8) is 0 Å². The summed E-state index contributed by atoms with van der Waals surface area (Å²) >= 11 is 0. The van der Waals surface area contributed by atoms with Crippen LogP contribution >= 0.6 is 0 Å². The van der Waals surface area contributed by atoms with Gasteiger partial charge in [-0.25, -0.2) is 0 Å². The van der Waals surface area contributed by atoms with Crippen molar-refractivity contribution in [2.75, 3.05) is 0 Å². The van der Waals surface area contributed by atoms with Gasteiger partial charge < -0.3 is 0 Å². The standard InChI is InChI=1S/C23H42/c1-10-13-23(9,19(6)18(4)5)16-20(12-11-17(2)3)21-14-22(7,8)15-21/h10,13,16-19,21H,11-12,14-15H2,1-9H3. The van der Waals surface area contributed by atoms with Crippen LogP contribution in [0.3, 0.4) is 0 Å². The first-order chi connectivity index (χ1) is 10.5. The number of rotatable bonds is 8. The Hall–Kier alpha value is -0.520. The van der Waals surface area contributed by atoms with Gasteiger partial charge in [0.1, 0.15) is 0 Å². The molecule has 1 fully saturated rings. The Morgan fingerprint density at radius 3 is 2.09 bits per heavy atom. The first-order valence-electron chi connectivity index (χ1n) is 9.86. The molecule has 0 amide bonds. The predicted molar refractivity (Wildman–Crippen MR) is 106 cm³/mol. The third-order valence-corrected chi connectivity index (χ3v) is 6.14. The Morgan fingerprint density at radius 1 is 1.13 bits per heavy atom. The SMILES string of the molecule is CC=CC(C)(C=C(CCC(C)C)C1CC(C)(C)C1)C(C)C(C)C. The third kappa shape index (κ3) is 5.80. The lowest BCUT2D eigenvalue weighted by Gasteiger charge is -2.45. The second-order valence-corrected chi connectivity index (χ2v) is 9.82. The van der Waals surface area contributed by atoms with Gasteiger partial charge in [-0.2, -0.15) is 0 Å². The van der Waals surface area contributed by atoms with Crippen molar-refractivity contribution in [1.82, 2.24) is 0 Å². The summed E-state index contributed by atoms with van der Waals surface area (Å²) in [5.74, 6) is 2.99. The zero-order valence-corrected chi connectivity index (χ0v) is 17.4. The molecule has 0 nitrogen and oxygen atoms in total. The molecular weight excluding hydrogens is 276 g/mol. The Balaban J connectivity index is 3.07. The van der Waals surface area contributed by atoms with Gasteiger partial charge in [0.25, 0.3) is 0 Å². The Bertz CT molecular complexity index is 413. The van der Waals surface area contributed by atoms with Crippen LogP contribution in [-0.2, 0) is 0 Å². The molecule has 0 N–H and O–H groups in total. The second kappa shape index (κ2) is 8.04. The molecule has 134 valence electrons. The van der Waals surface area contributed by atoms with Gasteiger partial charge in [0.15, 0.2) is 0 Å². The zero-order chi connectivity index (χ0) is 17.8. The molecule has 2 atom stereocenters. The Kier molecular flexibility index (Phi) is 7.17. The average Bonchev–Trinajstić information content (AvgIpc) is 2.39. The van der Waals surface area contributed by atoms with E-state index >= 15 is 0 Å². The van der Waals surface area contributed by atoms with Crippen LogP contribution in [0.5, 0.6) is 0 Å². The van der Waals surface area contributed by atoms with Gasteiger partial charge >= 0.3 is 0 Å². The fraction of sp³-hybridized carbons (Fsp3) is 0.826. The summed E-state index contributed by atoms with van der Waals surface area (Å²) < 4.78 is 0. The summed E-state index contributed by atoms with van der Waals surface area (Å²) in [5, 5.41) is 0. The van der Waals surface area contributed by atoms with Crippen molar-refractivity contribution >= 4 is 0 Å². The van der Waals surface area contributed by atoms with Gasteiger partial charge in [-0.15, -0.1) is 0 Å². The lowest BCUT2D eigenvalue weighted by atomic mass is 9.60. The van der Waals surface area contributed by atoms with E-state index < -0.39 is 0 Å². The monoisotopic (exact) mass is 318 g/mol. The predicted octanol–water partition coefficient (Wildman–Crippen LogP) is 7.66. The molecule has 0 aliphatic heterocycles. The van der Waals surface area contributed by atoms with Crippen LogP contribution in [0.25, 0.3) is 0 Å². The average molecular weight is 319 g/mol. The van der Waals surface area contributed by atoms with Gasteiger partial charge in [-0.05, 0) is 61.7 Å². The topological polar surface area (TPSA) is 0 Å². The summed E-state index contributed by atoms with van der Waals surface area (Å²) in [7, 11) is 0. The summed E-state index contributed by atoms with van der Waals surface area (Å²) in [5.41, 5.74) is 2.49. The van der Waals surface area contributed by atoms with E-state index in [9.17, 15) is 0 Å². The van der Waals surface area contributed by atoms with Crippen molar-refractivity contribution in [3.05, 3.63) is 23.8 Å². The zero-order valence-electron chi connectivity index (χ0n) is 17.4. The van der Waals surface area contributed by atoms with Crippen LogP contribution in [0.15, 0.2) is 23.8 Å². The maximum absolute atomic E-state index is 2.67. The highest BCUT2D eigenvalue weighted by atomic mass is 14.4. The normalized spacial score (nSPS) is 23.3. The number of hydrogen-bond donors (Lipinski definition) is 0. The molecule has 1 aliphatic rings. The quantitative estimate of drug-likeness (QED) is 0.403. The fourth-order valence-corrected chi connectivity index (χ4v) is 4.19. The van der Waals surface area contributed by atoms with Gasteiger partial charge in [-0.1, -0.05) is 79.2 Å². The molecule has 23 heavy (non-hydrogen) atoms. The molecule has 0 radical (unpaired) electrons. The molecule has 1 saturated carbocycles. The van der Waals surface area contributed by atoms with Crippen molar-refractivity contribution < 1.29 is 0 Å². The molecule has 0 heteroatoms. The summed E-state index contributed by atoms with van der Waals surface area (Å²) in [6, 6.07) is 0. The molecule has 0 heterocycles. The molecule has 0 aromatic carbocycles. The van der Waals surface area contributed by atoms with Crippen molar-refractivity contribution in [1.29, 1.82) is 0 Å². The van der Waals surface area contributed by atoms with Gasteiger partial charge in [-0.3, -0.25) is 0 Å². The van der Waals surface area contributed by atoms with E-state index in [1.165, 1.54) is 25.7 Å². The molecule has 0 aromatic heterocycles. The molecule has 0 spiro atoms. The van der Waals surface area contributed by atoms with Crippen LogP contribution in [0.4, 0.5) is 0 Å². The summed E-state index contributed by atoms with van der Waals surface area (Å²) in [6.07, 6.45) is 12.7. The van der Waals surface area contributed by atoms with Gasteiger partial charge in [0, 0.05) is 5.41 Å². The van der Waals surface area contributed by atoms with Crippen LogP contribution in [0.2, 0.25) is 0 Å². The van der Waals surface area contributed by atoms with Crippen molar-refractivity contribution in [2.24, 2.45) is 34.5 Å². The van der Waals surface area contributed by atoms with Crippen molar-refractivity contribution in [3.8, 4) is 0 Å².